The molecule has 0 aliphatic rings. The zero-order valence-corrected chi connectivity index (χ0v) is 7.47. The summed E-state index contributed by atoms with van der Waals surface area (Å²) in [6, 6.07) is 3.79. The third-order valence-electron chi connectivity index (χ3n) is 1.93. The molecule has 5 nitrogen and oxygen atoms in total. The first-order valence-electron chi connectivity index (χ1n) is 4.08. The van der Waals surface area contributed by atoms with E-state index in [9.17, 15) is 9.90 Å². The molecule has 0 unspecified atom stereocenters. The van der Waals surface area contributed by atoms with E-state index in [1.165, 1.54) is 12.1 Å². The van der Waals surface area contributed by atoms with Gasteiger partial charge in [0.15, 0.2) is 0 Å². The molecule has 0 aromatic heterocycles. The second-order valence-corrected chi connectivity index (χ2v) is 2.92. The van der Waals surface area contributed by atoms with Gasteiger partial charge in [-0.05, 0) is 17.7 Å². The van der Waals surface area contributed by atoms with Crippen LogP contribution < -0.4 is 11.5 Å². The molecule has 1 atom stereocenters. The molecule has 5 heteroatoms. The first kappa shape index (κ1) is 10.5. The van der Waals surface area contributed by atoms with Crippen LogP contribution in [0, 0.1) is 0 Å². The van der Waals surface area contributed by atoms with Crippen molar-refractivity contribution < 1.29 is 15.0 Å². The lowest BCUT2D eigenvalue weighted by molar-refractivity contribution is 0.0693. The molecule has 0 bridgehead atoms. The number of nitrogens with two attached hydrogens (primary N) is 2. The third kappa shape index (κ3) is 2.01. The van der Waals surface area contributed by atoms with Gasteiger partial charge in [-0.1, -0.05) is 6.07 Å². The molecule has 76 valence electrons. The first-order chi connectivity index (χ1) is 6.56. The van der Waals surface area contributed by atoms with E-state index in [0.29, 0.717) is 5.56 Å². The van der Waals surface area contributed by atoms with Gasteiger partial charge in [0.1, 0.15) is 11.3 Å². The van der Waals surface area contributed by atoms with Crippen molar-refractivity contribution in [3.63, 3.8) is 0 Å². The Labute approximate surface area is 81.0 Å². The number of carboxylic acid groups (broad SMARTS) is 1. The Morgan fingerprint density at radius 2 is 2.14 bits per heavy atom. The Balaban J connectivity index is 3.06. The Bertz CT molecular complexity index is 352. The Hall–Kier alpha value is -1.59. The average molecular weight is 196 g/mol. The second-order valence-electron chi connectivity index (χ2n) is 2.92. The summed E-state index contributed by atoms with van der Waals surface area (Å²) < 4.78 is 0. The number of rotatable bonds is 3. The maximum Gasteiger partial charge on any atom is 0.339 e. The predicted octanol–water partition coefficient (Wildman–Crippen LogP) is 0.0489. The summed E-state index contributed by atoms with van der Waals surface area (Å²) in [5.41, 5.74) is 11.4. The van der Waals surface area contributed by atoms with E-state index in [4.69, 9.17) is 16.6 Å². The van der Waals surface area contributed by atoms with Crippen LogP contribution in [-0.4, -0.2) is 22.7 Å². The van der Waals surface area contributed by atoms with E-state index in [-0.39, 0.29) is 23.9 Å². The van der Waals surface area contributed by atoms with Gasteiger partial charge >= 0.3 is 5.97 Å². The molecular formula is C9H12N2O3. The Morgan fingerprint density at radius 3 is 2.57 bits per heavy atom. The minimum absolute atomic E-state index is 0.141. The van der Waals surface area contributed by atoms with E-state index < -0.39 is 5.97 Å². The highest BCUT2D eigenvalue weighted by Gasteiger charge is 2.11. The summed E-state index contributed by atoms with van der Waals surface area (Å²) in [7, 11) is 0. The Morgan fingerprint density at radius 1 is 1.50 bits per heavy atom. The summed E-state index contributed by atoms with van der Waals surface area (Å²) in [6.45, 7) is 0.242. The summed E-state index contributed by atoms with van der Waals surface area (Å²) in [6.07, 6.45) is 0. The third-order valence-corrected chi connectivity index (χ3v) is 1.93. The summed E-state index contributed by atoms with van der Waals surface area (Å²) >= 11 is 0. The highest BCUT2D eigenvalue weighted by Crippen LogP contribution is 2.21. The number of benzene rings is 1. The molecule has 1 rings (SSSR count). The molecule has 0 heterocycles. The van der Waals surface area contributed by atoms with Crippen molar-refractivity contribution in [2.75, 3.05) is 6.54 Å². The van der Waals surface area contributed by atoms with Crippen molar-refractivity contribution in [2.45, 2.75) is 6.04 Å². The van der Waals surface area contributed by atoms with E-state index in [1.54, 1.807) is 6.07 Å². The van der Waals surface area contributed by atoms with Crippen LogP contribution in [0.4, 0.5) is 0 Å². The lowest BCUT2D eigenvalue weighted by Crippen LogP contribution is -2.20. The SMILES string of the molecule is NC[C@@H](N)c1ccc(C(=O)O)c(O)c1. The van der Waals surface area contributed by atoms with E-state index >= 15 is 0 Å². The lowest BCUT2D eigenvalue weighted by atomic mass is 10.0. The molecule has 0 fully saturated rings. The molecule has 1 aromatic carbocycles. The smallest absolute Gasteiger partial charge is 0.339 e. The van der Waals surface area contributed by atoms with Crippen LogP contribution in [0.15, 0.2) is 18.2 Å². The fraction of sp³-hybridized carbons (Fsp3) is 0.222. The average Bonchev–Trinajstić information content (AvgIpc) is 2.15. The van der Waals surface area contributed by atoms with Gasteiger partial charge in [-0.15, -0.1) is 0 Å². The molecule has 0 aliphatic carbocycles. The summed E-state index contributed by atoms with van der Waals surface area (Å²) in [5, 5.41) is 18.0. The number of carboxylic acids is 1. The maximum atomic E-state index is 10.6. The normalized spacial score (nSPS) is 12.4. The monoisotopic (exact) mass is 196 g/mol. The van der Waals surface area contributed by atoms with Crippen molar-refractivity contribution in [1.82, 2.24) is 0 Å². The van der Waals surface area contributed by atoms with Crippen LogP contribution in [0.1, 0.15) is 22.0 Å². The molecule has 0 saturated heterocycles. The largest absolute Gasteiger partial charge is 0.507 e. The van der Waals surface area contributed by atoms with Gasteiger partial charge in [-0.3, -0.25) is 0 Å². The number of phenols is 1. The molecule has 14 heavy (non-hydrogen) atoms. The van der Waals surface area contributed by atoms with E-state index in [1.807, 2.05) is 0 Å². The molecule has 0 spiro atoms. The van der Waals surface area contributed by atoms with Gasteiger partial charge in [0, 0.05) is 12.6 Å². The van der Waals surface area contributed by atoms with Crippen molar-refractivity contribution in [3.05, 3.63) is 29.3 Å². The van der Waals surface area contributed by atoms with E-state index in [0.717, 1.165) is 0 Å². The van der Waals surface area contributed by atoms with Crippen molar-refractivity contribution in [3.8, 4) is 5.75 Å². The van der Waals surface area contributed by atoms with Crippen LogP contribution in [-0.2, 0) is 0 Å². The number of aromatic carboxylic acids is 1. The zero-order chi connectivity index (χ0) is 10.7. The topological polar surface area (TPSA) is 110 Å². The van der Waals surface area contributed by atoms with Crippen LogP contribution >= 0.6 is 0 Å². The van der Waals surface area contributed by atoms with Crippen LogP contribution in [0.25, 0.3) is 0 Å². The van der Waals surface area contributed by atoms with Crippen molar-refractivity contribution >= 4 is 5.97 Å². The van der Waals surface area contributed by atoms with Crippen LogP contribution in [0.5, 0.6) is 5.75 Å². The van der Waals surface area contributed by atoms with Gasteiger partial charge in [0.2, 0.25) is 0 Å². The molecular weight excluding hydrogens is 184 g/mol. The van der Waals surface area contributed by atoms with Gasteiger partial charge in [-0.25, -0.2) is 4.79 Å². The van der Waals surface area contributed by atoms with E-state index in [2.05, 4.69) is 0 Å². The van der Waals surface area contributed by atoms with Crippen LogP contribution in [0.3, 0.4) is 0 Å². The molecule has 0 radical (unpaired) electrons. The molecule has 0 aliphatic heterocycles. The number of hydrogen-bond acceptors (Lipinski definition) is 4. The summed E-state index contributed by atoms with van der Waals surface area (Å²) in [4.78, 5) is 10.6. The quantitative estimate of drug-likeness (QED) is 0.546. The first-order valence-corrected chi connectivity index (χ1v) is 4.08. The number of aromatic hydroxyl groups is 1. The van der Waals surface area contributed by atoms with Crippen LogP contribution in [0.2, 0.25) is 0 Å². The maximum absolute atomic E-state index is 10.6. The molecule has 0 saturated carbocycles. The zero-order valence-electron chi connectivity index (χ0n) is 7.47. The van der Waals surface area contributed by atoms with Gasteiger partial charge < -0.3 is 21.7 Å². The minimum atomic E-state index is -1.17. The number of hydrogen-bond donors (Lipinski definition) is 4. The lowest BCUT2D eigenvalue weighted by Gasteiger charge is -2.10. The highest BCUT2D eigenvalue weighted by atomic mass is 16.4. The summed E-state index contributed by atoms with van der Waals surface area (Å²) in [5.74, 6) is -1.46. The minimum Gasteiger partial charge on any atom is -0.507 e. The van der Waals surface area contributed by atoms with Crippen molar-refractivity contribution in [1.29, 1.82) is 0 Å². The van der Waals surface area contributed by atoms with Gasteiger partial charge in [0.25, 0.3) is 0 Å². The Kier molecular flexibility index (Phi) is 3.06. The van der Waals surface area contributed by atoms with Crippen molar-refractivity contribution in [2.24, 2.45) is 11.5 Å². The van der Waals surface area contributed by atoms with Gasteiger partial charge in [0.05, 0.1) is 0 Å². The highest BCUT2D eigenvalue weighted by molar-refractivity contribution is 5.90. The fourth-order valence-corrected chi connectivity index (χ4v) is 1.10. The van der Waals surface area contributed by atoms with Gasteiger partial charge in [-0.2, -0.15) is 0 Å². The second kappa shape index (κ2) is 4.08. The molecule has 1 aromatic rings. The fourth-order valence-electron chi connectivity index (χ4n) is 1.10. The predicted molar refractivity (Wildman–Crippen MR) is 51.0 cm³/mol. The standard InChI is InChI=1S/C9H12N2O3/c10-4-7(11)5-1-2-6(9(13)14)8(12)3-5/h1-3,7,12H,4,10-11H2,(H,13,14)/t7-/m1/s1. The molecule has 6 N–H and O–H groups in total. The number of carbonyl (C=O) groups is 1. The molecule has 0 amide bonds.